The fraction of sp³-hybridized carbons (Fsp3) is 0.118. The zero-order valence-electron chi connectivity index (χ0n) is 11.5. The maximum atomic E-state index is 13.0. The van der Waals surface area contributed by atoms with E-state index in [0.717, 1.165) is 5.56 Å². The zero-order chi connectivity index (χ0) is 14.8. The standard InChI is InChI=1S/C17H14FNO2/c1-11-15(17(20)13-7-9-14(18)10-8-13)16(19-21-11)12-5-3-2-4-6-12/h2-10,17,20H,1H3/t17-/m1/s1. The van der Waals surface area contributed by atoms with Crippen LogP contribution in [0, 0.1) is 12.7 Å². The SMILES string of the molecule is Cc1onc(-c2ccccc2)c1[C@H](O)c1ccc(F)cc1. The van der Waals surface area contributed by atoms with Gasteiger partial charge in [-0.3, -0.25) is 0 Å². The number of aromatic nitrogens is 1. The average molecular weight is 283 g/mol. The van der Waals surface area contributed by atoms with Crippen molar-refractivity contribution in [3.05, 3.63) is 77.3 Å². The van der Waals surface area contributed by atoms with Gasteiger partial charge in [-0.05, 0) is 24.6 Å². The van der Waals surface area contributed by atoms with Gasteiger partial charge in [-0.25, -0.2) is 4.39 Å². The van der Waals surface area contributed by atoms with Crippen LogP contribution in [0.25, 0.3) is 11.3 Å². The number of rotatable bonds is 3. The van der Waals surface area contributed by atoms with Gasteiger partial charge in [0, 0.05) is 5.56 Å². The van der Waals surface area contributed by atoms with Crippen molar-refractivity contribution in [2.24, 2.45) is 0 Å². The highest BCUT2D eigenvalue weighted by molar-refractivity contribution is 5.64. The number of aliphatic hydroxyl groups is 1. The minimum Gasteiger partial charge on any atom is -0.383 e. The summed E-state index contributed by atoms with van der Waals surface area (Å²) in [6.45, 7) is 1.75. The molecular formula is C17H14FNO2. The maximum Gasteiger partial charge on any atom is 0.140 e. The Balaban J connectivity index is 2.06. The van der Waals surface area contributed by atoms with Crippen LogP contribution < -0.4 is 0 Å². The molecule has 0 bridgehead atoms. The molecule has 0 aliphatic rings. The van der Waals surface area contributed by atoms with Crippen molar-refractivity contribution in [1.82, 2.24) is 5.16 Å². The van der Waals surface area contributed by atoms with Gasteiger partial charge in [0.2, 0.25) is 0 Å². The summed E-state index contributed by atoms with van der Waals surface area (Å²) >= 11 is 0. The molecule has 0 aliphatic heterocycles. The van der Waals surface area contributed by atoms with Crippen LogP contribution in [0.4, 0.5) is 4.39 Å². The lowest BCUT2D eigenvalue weighted by Gasteiger charge is -2.11. The van der Waals surface area contributed by atoms with Gasteiger partial charge in [0.05, 0.1) is 5.56 Å². The summed E-state index contributed by atoms with van der Waals surface area (Å²) in [5, 5.41) is 14.6. The fourth-order valence-corrected chi connectivity index (χ4v) is 2.32. The lowest BCUT2D eigenvalue weighted by Crippen LogP contribution is -2.02. The monoisotopic (exact) mass is 283 g/mol. The fourth-order valence-electron chi connectivity index (χ4n) is 2.32. The number of hydrogen-bond donors (Lipinski definition) is 1. The van der Waals surface area contributed by atoms with Gasteiger partial charge >= 0.3 is 0 Å². The summed E-state index contributed by atoms with van der Waals surface area (Å²) in [4.78, 5) is 0. The molecule has 0 aliphatic carbocycles. The number of aliphatic hydroxyl groups excluding tert-OH is 1. The average Bonchev–Trinajstić information content (AvgIpc) is 2.90. The maximum absolute atomic E-state index is 13.0. The summed E-state index contributed by atoms with van der Waals surface area (Å²) in [6, 6.07) is 15.3. The number of benzene rings is 2. The molecule has 0 amide bonds. The molecule has 1 atom stereocenters. The van der Waals surface area contributed by atoms with Gasteiger partial charge in [-0.2, -0.15) is 0 Å². The Morgan fingerprint density at radius 3 is 2.38 bits per heavy atom. The van der Waals surface area contributed by atoms with Gasteiger partial charge in [0.25, 0.3) is 0 Å². The molecule has 0 saturated heterocycles. The molecule has 0 radical (unpaired) electrons. The van der Waals surface area contributed by atoms with Crippen LogP contribution in [0.15, 0.2) is 59.1 Å². The third-order valence-electron chi connectivity index (χ3n) is 3.41. The molecule has 1 heterocycles. The van der Waals surface area contributed by atoms with Crippen LogP contribution in [-0.4, -0.2) is 10.3 Å². The molecular weight excluding hydrogens is 269 g/mol. The second-order valence-electron chi connectivity index (χ2n) is 4.82. The highest BCUT2D eigenvalue weighted by atomic mass is 19.1. The molecule has 0 unspecified atom stereocenters. The lowest BCUT2D eigenvalue weighted by atomic mass is 9.97. The number of aryl methyl sites for hydroxylation is 1. The van der Waals surface area contributed by atoms with E-state index in [9.17, 15) is 9.50 Å². The predicted molar refractivity (Wildman–Crippen MR) is 77.1 cm³/mol. The third kappa shape index (κ3) is 2.58. The zero-order valence-corrected chi connectivity index (χ0v) is 11.5. The first-order valence-corrected chi connectivity index (χ1v) is 6.62. The minimum absolute atomic E-state index is 0.337. The van der Waals surface area contributed by atoms with E-state index < -0.39 is 6.10 Å². The topological polar surface area (TPSA) is 46.3 Å². The van der Waals surface area contributed by atoms with Gasteiger partial charge in [-0.15, -0.1) is 0 Å². The van der Waals surface area contributed by atoms with E-state index in [0.29, 0.717) is 22.6 Å². The van der Waals surface area contributed by atoms with Crippen LogP contribution >= 0.6 is 0 Å². The summed E-state index contributed by atoms with van der Waals surface area (Å²) in [6.07, 6.45) is -0.910. The van der Waals surface area contributed by atoms with Crippen molar-refractivity contribution in [2.45, 2.75) is 13.0 Å². The first-order chi connectivity index (χ1) is 10.2. The Morgan fingerprint density at radius 1 is 1.05 bits per heavy atom. The first-order valence-electron chi connectivity index (χ1n) is 6.62. The highest BCUT2D eigenvalue weighted by Gasteiger charge is 2.23. The molecule has 3 rings (SSSR count). The van der Waals surface area contributed by atoms with Gasteiger partial charge < -0.3 is 9.63 Å². The summed E-state index contributed by atoms with van der Waals surface area (Å²) in [7, 11) is 0. The van der Waals surface area contributed by atoms with Gasteiger partial charge in [-0.1, -0.05) is 47.6 Å². The molecule has 1 N–H and O–H groups in total. The molecule has 21 heavy (non-hydrogen) atoms. The highest BCUT2D eigenvalue weighted by Crippen LogP contribution is 2.33. The van der Waals surface area contributed by atoms with Crippen LogP contribution in [0.3, 0.4) is 0 Å². The molecule has 106 valence electrons. The minimum atomic E-state index is -0.910. The normalized spacial score (nSPS) is 12.3. The second kappa shape index (κ2) is 5.50. The van der Waals surface area contributed by atoms with E-state index >= 15 is 0 Å². The summed E-state index contributed by atoms with van der Waals surface area (Å²) < 4.78 is 18.2. The van der Waals surface area contributed by atoms with Crippen molar-refractivity contribution in [1.29, 1.82) is 0 Å². The quantitative estimate of drug-likeness (QED) is 0.793. The van der Waals surface area contributed by atoms with Crippen molar-refractivity contribution < 1.29 is 14.0 Å². The molecule has 0 fully saturated rings. The van der Waals surface area contributed by atoms with E-state index in [2.05, 4.69) is 5.16 Å². The van der Waals surface area contributed by atoms with Crippen molar-refractivity contribution in [2.75, 3.05) is 0 Å². The molecule has 3 nitrogen and oxygen atoms in total. The Hall–Kier alpha value is -2.46. The van der Waals surface area contributed by atoms with Crippen LogP contribution in [0.2, 0.25) is 0 Å². The first kappa shape index (κ1) is 13.5. The molecule has 3 aromatic rings. The molecule has 0 saturated carbocycles. The Labute approximate surface area is 121 Å². The molecule has 2 aromatic carbocycles. The van der Waals surface area contributed by atoms with Gasteiger partial charge in [0.15, 0.2) is 0 Å². The van der Waals surface area contributed by atoms with E-state index in [1.165, 1.54) is 12.1 Å². The number of nitrogens with zero attached hydrogens (tertiary/aromatic N) is 1. The lowest BCUT2D eigenvalue weighted by molar-refractivity contribution is 0.218. The Morgan fingerprint density at radius 2 is 1.71 bits per heavy atom. The summed E-state index contributed by atoms with van der Waals surface area (Å²) in [5.41, 5.74) is 2.67. The van der Waals surface area contributed by atoms with E-state index in [1.54, 1.807) is 19.1 Å². The summed E-state index contributed by atoms with van der Waals surface area (Å²) in [5.74, 6) is 0.210. The van der Waals surface area contributed by atoms with Gasteiger partial charge in [0.1, 0.15) is 23.4 Å². The van der Waals surface area contributed by atoms with E-state index in [4.69, 9.17) is 4.52 Å². The van der Waals surface area contributed by atoms with E-state index in [1.807, 2.05) is 30.3 Å². The molecule has 0 spiro atoms. The Bertz CT molecular complexity index is 735. The Kier molecular flexibility index (Phi) is 3.54. The largest absolute Gasteiger partial charge is 0.383 e. The van der Waals surface area contributed by atoms with Crippen molar-refractivity contribution >= 4 is 0 Å². The van der Waals surface area contributed by atoms with Crippen molar-refractivity contribution in [3.63, 3.8) is 0 Å². The smallest absolute Gasteiger partial charge is 0.140 e. The molecule has 1 aromatic heterocycles. The van der Waals surface area contributed by atoms with E-state index in [-0.39, 0.29) is 5.82 Å². The molecule has 4 heteroatoms. The van der Waals surface area contributed by atoms with Crippen molar-refractivity contribution in [3.8, 4) is 11.3 Å². The predicted octanol–water partition coefficient (Wildman–Crippen LogP) is 3.87. The van der Waals surface area contributed by atoms with Crippen LogP contribution in [0.1, 0.15) is 23.0 Å². The second-order valence-corrected chi connectivity index (χ2v) is 4.82. The third-order valence-corrected chi connectivity index (χ3v) is 3.41. The van der Waals surface area contributed by atoms with Crippen LogP contribution in [-0.2, 0) is 0 Å². The number of halogens is 1. The number of hydrogen-bond acceptors (Lipinski definition) is 3. The van der Waals surface area contributed by atoms with Crippen LogP contribution in [0.5, 0.6) is 0 Å².